The molecule has 3 heteroatoms. The third-order valence-electron chi connectivity index (χ3n) is 3.77. The summed E-state index contributed by atoms with van der Waals surface area (Å²) >= 11 is 1.59. The molecule has 1 N–H and O–H groups in total. The Morgan fingerprint density at radius 1 is 1.31 bits per heavy atom. The largest absolute Gasteiger partial charge is 0.369 e. The van der Waals surface area contributed by atoms with Gasteiger partial charge in [0.1, 0.15) is 0 Å². The van der Waals surface area contributed by atoms with Crippen molar-refractivity contribution in [3.8, 4) is 11.8 Å². The van der Waals surface area contributed by atoms with Crippen LogP contribution < -0.4 is 5.32 Å². The molecule has 0 bridgehead atoms. The molecular formula is C23H26N2S. The lowest BCUT2D eigenvalue weighted by atomic mass is 10.0. The zero-order valence-electron chi connectivity index (χ0n) is 16.2. The molecule has 0 fully saturated rings. The van der Waals surface area contributed by atoms with Crippen molar-refractivity contribution < 1.29 is 0 Å². The van der Waals surface area contributed by atoms with Crippen LogP contribution in [-0.2, 0) is 0 Å². The Bertz CT molecular complexity index is 940. The van der Waals surface area contributed by atoms with Crippen LogP contribution in [0.5, 0.6) is 0 Å². The molecule has 134 valence electrons. The van der Waals surface area contributed by atoms with Crippen molar-refractivity contribution in [2.75, 3.05) is 0 Å². The van der Waals surface area contributed by atoms with Gasteiger partial charge in [-0.1, -0.05) is 61.0 Å². The number of para-hydroxylation sites is 1. The lowest BCUT2D eigenvalue weighted by Gasteiger charge is -2.23. The van der Waals surface area contributed by atoms with Crippen molar-refractivity contribution in [2.24, 2.45) is 0 Å². The summed E-state index contributed by atoms with van der Waals surface area (Å²) in [6, 6.07) is 8.31. The highest BCUT2D eigenvalue weighted by Gasteiger charge is 2.16. The second kappa shape index (κ2) is 8.29. The van der Waals surface area contributed by atoms with E-state index in [1.807, 2.05) is 46.0 Å². The van der Waals surface area contributed by atoms with E-state index in [4.69, 9.17) is 0 Å². The Morgan fingerprint density at radius 3 is 2.69 bits per heavy atom. The van der Waals surface area contributed by atoms with Gasteiger partial charge in [0.15, 0.2) is 0 Å². The first-order valence-electron chi connectivity index (χ1n) is 8.57. The summed E-state index contributed by atoms with van der Waals surface area (Å²) in [5.41, 5.74) is 3.57. The second-order valence-electron chi connectivity index (χ2n) is 6.81. The SMILES string of the molecule is C=C(C)S/C(C#CC(C)(C)NC(=C)c1cnc2c(C)cccc2c1)=C\C. The molecule has 0 saturated carbocycles. The van der Waals surface area contributed by atoms with E-state index in [1.165, 1.54) is 5.56 Å². The Labute approximate surface area is 161 Å². The number of rotatable bonds is 5. The number of allylic oxidation sites excluding steroid dienone is 3. The van der Waals surface area contributed by atoms with Gasteiger partial charge in [0, 0.05) is 22.8 Å². The van der Waals surface area contributed by atoms with Gasteiger partial charge >= 0.3 is 0 Å². The Kier molecular flexibility index (Phi) is 6.34. The smallest absolute Gasteiger partial charge is 0.0933 e. The zero-order valence-corrected chi connectivity index (χ0v) is 17.1. The summed E-state index contributed by atoms with van der Waals surface area (Å²) in [6.07, 6.45) is 3.87. The number of nitrogens with zero attached hydrogens (tertiary/aromatic N) is 1. The number of fused-ring (bicyclic) bond motifs is 1. The maximum Gasteiger partial charge on any atom is 0.0933 e. The third-order valence-corrected chi connectivity index (χ3v) is 4.68. The van der Waals surface area contributed by atoms with Crippen molar-refractivity contribution in [1.29, 1.82) is 0 Å². The summed E-state index contributed by atoms with van der Waals surface area (Å²) in [6.45, 7) is 18.2. The number of nitrogens with one attached hydrogen (secondary N) is 1. The molecule has 0 aliphatic heterocycles. The Hall–Kier alpha value is -2.44. The van der Waals surface area contributed by atoms with Gasteiger partial charge in [-0.2, -0.15) is 0 Å². The normalized spacial score (nSPS) is 11.7. The van der Waals surface area contributed by atoms with E-state index in [2.05, 4.69) is 60.4 Å². The van der Waals surface area contributed by atoms with E-state index >= 15 is 0 Å². The molecule has 0 aliphatic rings. The molecule has 0 unspecified atom stereocenters. The van der Waals surface area contributed by atoms with Gasteiger partial charge in [0.05, 0.1) is 16.0 Å². The fourth-order valence-corrected chi connectivity index (χ4v) is 3.12. The number of aryl methyl sites for hydroxylation is 1. The highest BCUT2D eigenvalue weighted by Crippen LogP contribution is 2.23. The standard InChI is InChI=1S/C23H26N2S/c1-8-21(26-16(2)3)12-13-23(6,7)25-18(5)20-14-19-11-9-10-17(4)22(19)24-15-20/h8-11,14-15,25H,2,5H2,1,3-4,6-7H3/b21-8-. The number of benzene rings is 1. The Morgan fingerprint density at radius 2 is 2.04 bits per heavy atom. The number of pyridine rings is 1. The van der Waals surface area contributed by atoms with Crippen LogP contribution in [0.4, 0.5) is 0 Å². The van der Waals surface area contributed by atoms with Crippen molar-refractivity contribution in [1.82, 2.24) is 10.3 Å². The number of hydrogen-bond donors (Lipinski definition) is 1. The average molecular weight is 363 g/mol. The molecule has 26 heavy (non-hydrogen) atoms. The maximum atomic E-state index is 4.59. The first-order valence-corrected chi connectivity index (χ1v) is 9.39. The molecule has 0 spiro atoms. The fraction of sp³-hybridized carbons (Fsp3) is 0.261. The minimum atomic E-state index is -0.414. The predicted molar refractivity (Wildman–Crippen MR) is 117 cm³/mol. The van der Waals surface area contributed by atoms with Crippen molar-refractivity contribution in [3.05, 3.63) is 70.6 Å². The summed E-state index contributed by atoms with van der Waals surface area (Å²) < 4.78 is 0. The molecule has 0 atom stereocenters. The summed E-state index contributed by atoms with van der Waals surface area (Å²) in [5, 5.41) is 4.53. The lowest BCUT2D eigenvalue weighted by Crippen LogP contribution is -2.36. The van der Waals surface area contributed by atoms with Crippen LogP contribution in [-0.4, -0.2) is 10.5 Å². The molecule has 2 aromatic rings. The molecule has 1 aromatic carbocycles. The molecule has 0 aliphatic carbocycles. The van der Waals surface area contributed by atoms with Gasteiger partial charge in [-0.05, 0) is 51.2 Å². The van der Waals surface area contributed by atoms with Gasteiger partial charge in [-0.3, -0.25) is 4.98 Å². The van der Waals surface area contributed by atoms with E-state index in [-0.39, 0.29) is 0 Å². The first kappa shape index (κ1) is 19.9. The molecule has 2 nitrogen and oxygen atoms in total. The van der Waals surface area contributed by atoms with E-state index in [0.29, 0.717) is 0 Å². The monoisotopic (exact) mass is 362 g/mol. The van der Waals surface area contributed by atoms with Crippen LogP contribution in [0, 0.1) is 18.8 Å². The van der Waals surface area contributed by atoms with Crippen molar-refractivity contribution >= 4 is 28.4 Å². The van der Waals surface area contributed by atoms with Gasteiger partial charge < -0.3 is 5.32 Å². The van der Waals surface area contributed by atoms with Crippen LogP contribution in [0.3, 0.4) is 0 Å². The molecule has 0 saturated heterocycles. The zero-order chi connectivity index (χ0) is 19.3. The first-order chi connectivity index (χ1) is 12.2. The summed E-state index contributed by atoms with van der Waals surface area (Å²) in [5.74, 6) is 6.52. The van der Waals surface area contributed by atoms with Crippen LogP contribution in [0.2, 0.25) is 0 Å². The van der Waals surface area contributed by atoms with Crippen molar-refractivity contribution in [2.45, 2.75) is 40.2 Å². The van der Waals surface area contributed by atoms with Gasteiger partial charge in [-0.25, -0.2) is 0 Å². The van der Waals surface area contributed by atoms with E-state index < -0.39 is 5.54 Å². The molecule has 1 aromatic heterocycles. The van der Waals surface area contributed by atoms with Crippen LogP contribution in [0.1, 0.15) is 38.8 Å². The molecule has 1 heterocycles. The summed E-state index contributed by atoms with van der Waals surface area (Å²) in [7, 11) is 0. The Balaban J connectivity index is 2.19. The maximum absolute atomic E-state index is 4.59. The fourth-order valence-electron chi connectivity index (χ4n) is 2.52. The highest BCUT2D eigenvalue weighted by molar-refractivity contribution is 8.06. The van der Waals surface area contributed by atoms with E-state index in [1.54, 1.807) is 11.8 Å². The van der Waals surface area contributed by atoms with E-state index in [0.717, 1.165) is 32.0 Å². The molecule has 0 radical (unpaired) electrons. The topological polar surface area (TPSA) is 24.9 Å². The van der Waals surface area contributed by atoms with Crippen LogP contribution in [0.15, 0.2) is 59.5 Å². The second-order valence-corrected chi connectivity index (χ2v) is 8.15. The molecule has 0 amide bonds. The lowest BCUT2D eigenvalue weighted by molar-refractivity contribution is 0.587. The van der Waals surface area contributed by atoms with Crippen LogP contribution in [0.25, 0.3) is 16.6 Å². The third kappa shape index (κ3) is 5.28. The number of thioether (sulfide) groups is 1. The van der Waals surface area contributed by atoms with Gasteiger partial charge in [0.2, 0.25) is 0 Å². The average Bonchev–Trinajstić information content (AvgIpc) is 2.57. The minimum absolute atomic E-state index is 0.414. The molecular weight excluding hydrogens is 336 g/mol. The van der Waals surface area contributed by atoms with Gasteiger partial charge in [-0.15, -0.1) is 0 Å². The van der Waals surface area contributed by atoms with Crippen molar-refractivity contribution in [3.63, 3.8) is 0 Å². The number of aromatic nitrogens is 1. The minimum Gasteiger partial charge on any atom is -0.369 e. The van der Waals surface area contributed by atoms with E-state index in [9.17, 15) is 0 Å². The van der Waals surface area contributed by atoms with Gasteiger partial charge in [0.25, 0.3) is 0 Å². The predicted octanol–water partition coefficient (Wildman–Crippen LogP) is 6.06. The number of hydrogen-bond acceptors (Lipinski definition) is 3. The quantitative estimate of drug-likeness (QED) is 0.655. The van der Waals surface area contributed by atoms with Crippen LogP contribution >= 0.6 is 11.8 Å². The summed E-state index contributed by atoms with van der Waals surface area (Å²) in [4.78, 5) is 6.62. The molecule has 2 rings (SSSR count). The highest BCUT2D eigenvalue weighted by atomic mass is 32.2.